The van der Waals surface area contributed by atoms with Crippen LogP contribution in [0, 0.1) is 6.92 Å². The maximum absolute atomic E-state index is 11.2. The molecule has 0 saturated heterocycles. The minimum Gasteiger partial charge on any atom is -0.477 e. The first-order chi connectivity index (χ1) is 9.08. The summed E-state index contributed by atoms with van der Waals surface area (Å²) in [7, 11) is 1.83. The molecule has 6 heteroatoms. The number of H-pyrrole nitrogens is 1. The van der Waals surface area contributed by atoms with Gasteiger partial charge in [-0.3, -0.25) is 0 Å². The van der Waals surface area contributed by atoms with Crippen LogP contribution in [0.3, 0.4) is 0 Å². The van der Waals surface area contributed by atoms with Crippen LogP contribution in [0.5, 0.6) is 0 Å². The number of carbonyl (C=O) groups is 1. The SMILES string of the molecule is Cc1ncc(C(=O)O)c(N(C)CCc2cc[nH]c2)n1. The third-order valence-corrected chi connectivity index (χ3v) is 2.88. The van der Waals surface area contributed by atoms with Crippen molar-refractivity contribution in [3.05, 3.63) is 41.6 Å². The molecular weight excluding hydrogens is 244 g/mol. The predicted octanol–water partition coefficient (Wildman–Crippen LogP) is 1.49. The number of nitrogens with one attached hydrogen (secondary N) is 1. The summed E-state index contributed by atoms with van der Waals surface area (Å²) in [5.74, 6) is 0.00697. The van der Waals surface area contributed by atoms with Crippen LogP contribution >= 0.6 is 0 Å². The Morgan fingerprint density at radius 1 is 1.53 bits per heavy atom. The minimum absolute atomic E-state index is 0.127. The monoisotopic (exact) mass is 260 g/mol. The molecule has 2 rings (SSSR count). The molecule has 0 aliphatic rings. The van der Waals surface area contributed by atoms with Gasteiger partial charge in [-0.2, -0.15) is 0 Å². The van der Waals surface area contributed by atoms with Crippen LogP contribution in [-0.4, -0.2) is 39.6 Å². The molecule has 0 aliphatic carbocycles. The molecule has 0 atom stereocenters. The number of nitrogens with zero attached hydrogens (tertiary/aromatic N) is 3. The van der Waals surface area contributed by atoms with Crippen molar-refractivity contribution in [3.8, 4) is 0 Å². The summed E-state index contributed by atoms with van der Waals surface area (Å²) < 4.78 is 0. The van der Waals surface area contributed by atoms with Gasteiger partial charge in [-0.15, -0.1) is 0 Å². The quantitative estimate of drug-likeness (QED) is 0.851. The van der Waals surface area contributed by atoms with E-state index in [1.807, 2.05) is 30.4 Å². The van der Waals surface area contributed by atoms with Crippen molar-refractivity contribution in [2.24, 2.45) is 0 Å². The van der Waals surface area contributed by atoms with Crippen LogP contribution < -0.4 is 4.90 Å². The first kappa shape index (κ1) is 13.1. The highest BCUT2D eigenvalue weighted by molar-refractivity contribution is 5.92. The molecule has 0 fully saturated rings. The molecule has 0 aliphatic heterocycles. The van der Waals surface area contributed by atoms with Crippen LogP contribution in [0.1, 0.15) is 21.7 Å². The van der Waals surface area contributed by atoms with E-state index < -0.39 is 5.97 Å². The standard InChI is InChI=1S/C13H16N4O2/c1-9-15-8-11(13(18)19)12(16-9)17(2)6-4-10-3-5-14-7-10/h3,5,7-8,14H,4,6H2,1-2H3,(H,18,19). The summed E-state index contributed by atoms with van der Waals surface area (Å²) in [5.41, 5.74) is 1.30. The molecule has 0 spiro atoms. The lowest BCUT2D eigenvalue weighted by Gasteiger charge is -2.19. The molecule has 0 aromatic carbocycles. The second-order valence-corrected chi connectivity index (χ2v) is 4.35. The number of rotatable bonds is 5. The normalized spacial score (nSPS) is 10.4. The lowest BCUT2D eigenvalue weighted by molar-refractivity contribution is 0.0696. The minimum atomic E-state index is -1.01. The van der Waals surface area contributed by atoms with Gasteiger partial charge in [0.1, 0.15) is 17.2 Å². The number of aryl methyl sites for hydroxylation is 1. The number of anilines is 1. The number of aromatic nitrogens is 3. The van der Waals surface area contributed by atoms with Crippen LogP contribution in [0.25, 0.3) is 0 Å². The average Bonchev–Trinajstić information content (AvgIpc) is 2.88. The van der Waals surface area contributed by atoms with E-state index in [-0.39, 0.29) is 5.56 Å². The average molecular weight is 260 g/mol. The fourth-order valence-electron chi connectivity index (χ4n) is 1.82. The topological polar surface area (TPSA) is 82.1 Å². The third kappa shape index (κ3) is 3.09. The van der Waals surface area contributed by atoms with Crippen molar-refractivity contribution in [2.75, 3.05) is 18.5 Å². The van der Waals surface area contributed by atoms with Gasteiger partial charge in [0.15, 0.2) is 0 Å². The van der Waals surface area contributed by atoms with Gasteiger partial charge in [0.05, 0.1) is 0 Å². The maximum atomic E-state index is 11.2. The van der Waals surface area contributed by atoms with E-state index >= 15 is 0 Å². The molecule has 2 aromatic heterocycles. The number of hydrogen-bond acceptors (Lipinski definition) is 4. The molecule has 2 aromatic rings. The number of aromatic carboxylic acids is 1. The number of aromatic amines is 1. The molecule has 0 radical (unpaired) electrons. The van der Waals surface area contributed by atoms with E-state index in [0.717, 1.165) is 6.42 Å². The van der Waals surface area contributed by atoms with Gasteiger partial charge in [-0.05, 0) is 25.0 Å². The molecule has 0 amide bonds. The fourth-order valence-corrected chi connectivity index (χ4v) is 1.82. The van der Waals surface area contributed by atoms with E-state index in [1.165, 1.54) is 11.8 Å². The van der Waals surface area contributed by atoms with Crippen LogP contribution in [0.15, 0.2) is 24.7 Å². The van der Waals surface area contributed by atoms with Crippen molar-refractivity contribution < 1.29 is 9.90 Å². The van der Waals surface area contributed by atoms with Gasteiger partial charge >= 0.3 is 5.97 Å². The Morgan fingerprint density at radius 2 is 2.32 bits per heavy atom. The predicted molar refractivity (Wildman–Crippen MR) is 71.5 cm³/mol. The Morgan fingerprint density at radius 3 is 2.95 bits per heavy atom. The largest absolute Gasteiger partial charge is 0.477 e. The first-order valence-corrected chi connectivity index (χ1v) is 5.97. The van der Waals surface area contributed by atoms with E-state index in [1.54, 1.807) is 6.92 Å². The smallest absolute Gasteiger partial charge is 0.341 e. The van der Waals surface area contributed by atoms with Crippen LogP contribution in [0.2, 0.25) is 0 Å². The van der Waals surface area contributed by atoms with Crippen LogP contribution in [-0.2, 0) is 6.42 Å². The van der Waals surface area contributed by atoms with Crippen LogP contribution in [0.4, 0.5) is 5.82 Å². The Balaban J connectivity index is 2.15. The second-order valence-electron chi connectivity index (χ2n) is 4.35. The number of carboxylic acids is 1. The van der Waals surface area contributed by atoms with E-state index in [2.05, 4.69) is 15.0 Å². The molecule has 0 saturated carbocycles. The van der Waals surface area contributed by atoms with Gasteiger partial charge < -0.3 is 15.0 Å². The molecular formula is C13H16N4O2. The van der Waals surface area contributed by atoms with Gasteiger partial charge in [-0.25, -0.2) is 14.8 Å². The Kier molecular flexibility index (Phi) is 3.79. The Bertz CT molecular complexity index is 566. The Hall–Kier alpha value is -2.37. The molecule has 6 nitrogen and oxygen atoms in total. The van der Waals surface area contributed by atoms with Crippen molar-refractivity contribution in [3.63, 3.8) is 0 Å². The Labute approximate surface area is 111 Å². The van der Waals surface area contributed by atoms with Crippen molar-refractivity contribution in [2.45, 2.75) is 13.3 Å². The first-order valence-electron chi connectivity index (χ1n) is 5.97. The molecule has 2 heterocycles. The van der Waals surface area contributed by atoms with Crippen molar-refractivity contribution in [1.82, 2.24) is 15.0 Å². The summed E-state index contributed by atoms with van der Waals surface area (Å²) in [5, 5.41) is 9.15. The van der Waals surface area contributed by atoms with E-state index in [0.29, 0.717) is 18.2 Å². The van der Waals surface area contributed by atoms with Crippen molar-refractivity contribution >= 4 is 11.8 Å². The third-order valence-electron chi connectivity index (χ3n) is 2.88. The zero-order valence-electron chi connectivity index (χ0n) is 10.9. The number of hydrogen-bond donors (Lipinski definition) is 2. The van der Waals surface area contributed by atoms with E-state index in [4.69, 9.17) is 5.11 Å². The number of likely N-dealkylation sites (N-methyl/N-ethyl adjacent to an activating group) is 1. The van der Waals surface area contributed by atoms with Crippen molar-refractivity contribution in [1.29, 1.82) is 0 Å². The summed E-state index contributed by atoms with van der Waals surface area (Å²) in [6, 6.07) is 2.00. The van der Waals surface area contributed by atoms with Gasteiger partial charge in [0.2, 0.25) is 0 Å². The van der Waals surface area contributed by atoms with Gasteiger partial charge in [0.25, 0.3) is 0 Å². The summed E-state index contributed by atoms with van der Waals surface area (Å²) in [6.45, 7) is 2.43. The van der Waals surface area contributed by atoms with Gasteiger partial charge in [-0.1, -0.05) is 0 Å². The number of carboxylic acid groups (broad SMARTS) is 1. The lowest BCUT2D eigenvalue weighted by Crippen LogP contribution is -2.24. The maximum Gasteiger partial charge on any atom is 0.341 e. The molecule has 2 N–H and O–H groups in total. The van der Waals surface area contributed by atoms with E-state index in [9.17, 15) is 4.79 Å². The lowest BCUT2D eigenvalue weighted by atomic mass is 10.2. The van der Waals surface area contributed by atoms with Gasteiger partial charge in [0, 0.05) is 32.2 Å². The molecule has 0 bridgehead atoms. The highest BCUT2D eigenvalue weighted by atomic mass is 16.4. The molecule has 19 heavy (non-hydrogen) atoms. The molecule has 0 unspecified atom stereocenters. The second kappa shape index (κ2) is 5.51. The zero-order chi connectivity index (χ0) is 13.8. The molecule has 100 valence electrons. The highest BCUT2D eigenvalue weighted by Crippen LogP contribution is 2.16. The summed E-state index contributed by atoms with van der Waals surface area (Å²) in [6.07, 6.45) is 5.97. The summed E-state index contributed by atoms with van der Waals surface area (Å²) >= 11 is 0. The highest BCUT2D eigenvalue weighted by Gasteiger charge is 2.16. The fraction of sp³-hybridized carbons (Fsp3) is 0.308. The zero-order valence-corrected chi connectivity index (χ0v) is 10.9. The summed E-state index contributed by atoms with van der Waals surface area (Å²) in [4.78, 5) is 24.1.